The van der Waals surface area contributed by atoms with Gasteiger partial charge in [0.25, 0.3) is 15.9 Å². The van der Waals surface area contributed by atoms with Gasteiger partial charge in [0.1, 0.15) is 10.6 Å². The largest absolute Gasteiger partial charge is 0.415 e. The number of benzene rings is 2. The number of hydrogen-bond acceptors (Lipinski definition) is 5. The van der Waals surface area contributed by atoms with Crippen molar-refractivity contribution < 1.29 is 12.8 Å². The highest BCUT2D eigenvalue weighted by Crippen LogP contribution is 2.25. The maximum absolute atomic E-state index is 12.6. The highest BCUT2D eigenvalue weighted by atomic mass is 32.2. The lowest BCUT2D eigenvalue weighted by molar-refractivity contribution is 0.582. The minimum atomic E-state index is -3.74. The van der Waals surface area contributed by atoms with Crippen molar-refractivity contribution in [3.8, 4) is 23.0 Å². The third kappa shape index (κ3) is 3.67. The Hall–Kier alpha value is -3.39. The molecular formula is C20H18N4O3S. The lowest BCUT2D eigenvalue weighted by Crippen LogP contribution is -2.12. The smallest absolute Gasteiger partial charge is 0.264 e. The zero-order valence-corrected chi connectivity index (χ0v) is 15.9. The average Bonchev–Trinajstić information content (AvgIpc) is 3.39. The summed E-state index contributed by atoms with van der Waals surface area (Å²) in [4.78, 5) is 2.97. The van der Waals surface area contributed by atoms with Crippen LogP contribution in [0.1, 0.15) is 12.5 Å². The Morgan fingerprint density at radius 2 is 1.71 bits per heavy atom. The summed E-state index contributed by atoms with van der Waals surface area (Å²) < 4.78 is 33.5. The third-order valence-electron chi connectivity index (χ3n) is 4.26. The molecule has 0 spiro atoms. The van der Waals surface area contributed by atoms with Crippen LogP contribution in [0.4, 0.5) is 5.69 Å². The van der Waals surface area contributed by atoms with Crippen molar-refractivity contribution in [2.45, 2.75) is 18.2 Å². The summed E-state index contributed by atoms with van der Waals surface area (Å²) >= 11 is 0. The van der Waals surface area contributed by atoms with E-state index in [1.807, 2.05) is 49.4 Å². The number of aryl methyl sites for hydroxylation is 1. The van der Waals surface area contributed by atoms with Crippen LogP contribution in [0.25, 0.3) is 23.0 Å². The van der Waals surface area contributed by atoms with E-state index in [-0.39, 0.29) is 10.8 Å². The second kappa shape index (κ2) is 7.32. The molecule has 0 fully saturated rings. The maximum Gasteiger partial charge on any atom is 0.264 e. The van der Waals surface area contributed by atoms with Crippen molar-refractivity contribution in [2.75, 3.05) is 4.72 Å². The summed E-state index contributed by atoms with van der Waals surface area (Å²) in [7, 11) is -3.74. The molecule has 0 bridgehead atoms. The molecule has 0 aliphatic carbocycles. The Kier molecular flexibility index (Phi) is 4.70. The van der Waals surface area contributed by atoms with Gasteiger partial charge in [0.15, 0.2) is 0 Å². The maximum atomic E-state index is 12.6. The first-order valence-corrected chi connectivity index (χ1v) is 10.2. The van der Waals surface area contributed by atoms with E-state index in [1.165, 1.54) is 12.3 Å². The fraction of sp³-hybridized carbons (Fsp3) is 0.100. The third-order valence-corrected chi connectivity index (χ3v) is 5.62. The van der Waals surface area contributed by atoms with Crippen molar-refractivity contribution in [1.29, 1.82) is 0 Å². The quantitative estimate of drug-likeness (QED) is 0.513. The summed E-state index contributed by atoms with van der Waals surface area (Å²) in [5, 5.41) is 8.01. The summed E-state index contributed by atoms with van der Waals surface area (Å²) in [6.07, 6.45) is 2.29. The van der Waals surface area contributed by atoms with Gasteiger partial charge in [0.2, 0.25) is 5.89 Å². The summed E-state index contributed by atoms with van der Waals surface area (Å²) in [6, 6.07) is 18.1. The second-order valence-corrected chi connectivity index (χ2v) is 7.87. The normalized spacial score (nSPS) is 11.5. The highest BCUT2D eigenvalue weighted by molar-refractivity contribution is 7.92. The van der Waals surface area contributed by atoms with Crippen LogP contribution in [-0.2, 0) is 16.4 Å². The van der Waals surface area contributed by atoms with Crippen LogP contribution in [0.3, 0.4) is 0 Å². The predicted octanol–water partition coefficient (Wildman–Crippen LogP) is 4.09. The number of nitrogens with zero attached hydrogens (tertiary/aromatic N) is 2. The van der Waals surface area contributed by atoms with Crippen LogP contribution >= 0.6 is 0 Å². The lowest BCUT2D eigenvalue weighted by Gasteiger charge is -2.06. The van der Waals surface area contributed by atoms with E-state index in [9.17, 15) is 8.42 Å². The number of hydrogen-bond donors (Lipinski definition) is 2. The molecule has 28 heavy (non-hydrogen) atoms. The molecule has 2 aromatic heterocycles. The van der Waals surface area contributed by atoms with Crippen LogP contribution < -0.4 is 4.72 Å². The van der Waals surface area contributed by atoms with Gasteiger partial charge in [-0.1, -0.05) is 37.3 Å². The molecule has 0 radical (unpaired) electrons. The van der Waals surface area contributed by atoms with Gasteiger partial charge in [-0.2, -0.15) is 0 Å². The second-order valence-electron chi connectivity index (χ2n) is 6.18. The fourth-order valence-corrected chi connectivity index (χ4v) is 3.76. The molecule has 0 aliphatic rings. The SMILES string of the molecule is CCc1ccc(NS(=O)(=O)c2c[nH]c(-c3nnc(-c4ccccc4)o3)c2)cc1. The number of aromatic amines is 1. The molecule has 4 rings (SSSR count). The highest BCUT2D eigenvalue weighted by Gasteiger charge is 2.19. The molecule has 0 atom stereocenters. The minimum absolute atomic E-state index is 0.0847. The van der Waals surface area contributed by atoms with Crippen molar-refractivity contribution >= 4 is 15.7 Å². The summed E-state index contributed by atoms with van der Waals surface area (Å²) in [5.74, 6) is 0.580. The van der Waals surface area contributed by atoms with Crippen LogP contribution in [0.2, 0.25) is 0 Å². The van der Waals surface area contributed by atoms with E-state index < -0.39 is 10.0 Å². The number of H-pyrrole nitrogens is 1. The molecular weight excluding hydrogens is 376 g/mol. The van der Waals surface area contributed by atoms with Crippen molar-refractivity contribution in [3.63, 3.8) is 0 Å². The first-order chi connectivity index (χ1) is 13.5. The van der Waals surface area contributed by atoms with Gasteiger partial charge in [-0.15, -0.1) is 10.2 Å². The predicted molar refractivity (Wildman–Crippen MR) is 106 cm³/mol. The first kappa shape index (κ1) is 18.0. The molecule has 2 heterocycles. The zero-order chi connectivity index (χ0) is 19.6. The van der Waals surface area contributed by atoms with Gasteiger partial charge < -0.3 is 9.40 Å². The molecule has 0 saturated carbocycles. The van der Waals surface area contributed by atoms with Crippen LogP contribution in [0.5, 0.6) is 0 Å². The molecule has 4 aromatic rings. The van der Waals surface area contributed by atoms with E-state index in [4.69, 9.17) is 4.42 Å². The van der Waals surface area contributed by atoms with E-state index in [2.05, 4.69) is 19.9 Å². The Morgan fingerprint density at radius 1 is 1.00 bits per heavy atom. The Bertz CT molecular complexity index is 1180. The molecule has 142 valence electrons. The first-order valence-electron chi connectivity index (χ1n) is 8.74. The summed E-state index contributed by atoms with van der Waals surface area (Å²) in [6.45, 7) is 2.04. The molecule has 2 aromatic carbocycles. The van der Waals surface area contributed by atoms with Gasteiger partial charge >= 0.3 is 0 Å². The molecule has 0 amide bonds. The van der Waals surface area contributed by atoms with Crippen LogP contribution in [-0.4, -0.2) is 23.6 Å². The van der Waals surface area contributed by atoms with Crippen LogP contribution in [0, 0.1) is 0 Å². The molecule has 2 N–H and O–H groups in total. The zero-order valence-electron chi connectivity index (χ0n) is 15.1. The minimum Gasteiger partial charge on any atom is -0.415 e. The number of rotatable bonds is 6. The van der Waals surface area contributed by atoms with E-state index >= 15 is 0 Å². The average molecular weight is 394 g/mol. The topological polar surface area (TPSA) is 101 Å². The molecule has 0 saturated heterocycles. The Balaban J connectivity index is 1.56. The Labute approximate surface area is 162 Å². The van der Waals surface area contributed by atoms with Gasteiger partial charge in [-0.05, 0) is 42.3 Å². The number of sulfonamides is 1. The summed E-state index contributed by atoms with van der Waals surface area (Å²) in [5.41, 5.74) is 2.86. The van der Waals surface area contributed by atoms with Crippen molar-refractivity contribution in [3.05, 3.63) is 72.4 Å². The molecule has 0 unspecified atom stereocenters. The van der Waals surface area contributed by atoms with Gasteiger partial charge in [-0.25, -0.2) is 8.42 Å². The van der Waals surface area contributed by atoms with Gasteiger partial charge in [0.05, 0.1) is 0 Å². The van der Waals surface area contributed by atoms with E-state index in [0.717, 1.165) is 17.5 Å². The number of nitrogens with one attached hydrogen (secondary N) is 2. The molecule has 8 heteroatoms. The van der Waals surface area contributed by atoms with E-state index in [1.54, 1.807) is 12.1 Å². The lowest BCUT2D eigenvalue weighted by atomic mass is 10.2. The fourth-order valence-electron chi connectivity index (χ4n) is 2.71. The van der Waals surface area contributed by atoms with Crippen LogP contribution in [0.15, 0.2) is 76.2 Å². The van der Waals surface area contributed by atoms with Crippen molar-refractivity contribution in [2.24, 2.45) is 0 Å². The number of aromatic nitrogens is 3. The monoisotopic (exact) mass is 394 g/mol. The van der Waals surface area contributed by atoms with Gasteiger partial charge in [-0.3, -0.25) is 4.72 Å². The van der Waals surface area contributed by atoms with Gasteiger partial charge in [0, 0.05) is 17.4 Å². The van der Waals surface area contributed by atoms with E-state index in [0.29, 0.717) is 17.3 Å². The number of anilines is 1. The standard InChI is InChI=1S/C20H18N4O3S/c1-2-14-8-10-16(11-9-14)24-28(25,26)17-12-18(21-13-17)20-23-22-19(27-20)15-6-4-3-5-7-15/h3-13,21,24H,2H2,1H3. The Morgan fingerprint density at radius 3 is 2.43 bits per heavy atom. The van der Waals surface area contributed by atoms with Crippen molar-refractivity contribution in [1.82, 2.24) is 15.2 Å². The molecule has 7 nitrogen and oxygen atoms in total. The molecule has 0 aliphatic heterocycles.